The van der Waals surface area contributed by atoms with E-state index in [1.54, 1.807) is 0 Å². The van der Waals surface area contributed by atoms with Gasteiger partial charge in [0.25, 0.3) is 0 Å². The quantitative estimate of drug-likeness (QED) is 0.858. The predicted octanol–water partition coefficient (Wildman–Crippen LogP) is 1.85. The van der Waals surface area contributed by atoms with Crippen molar-refractivity contribution in [1.29, 1.82) is 0 Å². The maximum atomic E-state index is 10.4. The van der Waals surface area contributed by atoms with Gasteiger partial charge in [0.05, 0.1) is 43.6 Å². The molecule has 1 aromatic carbocycles. The minimum absolute atomic E-state index is 0.184. The highest BCUT2D eigenvalue weighted by molar-refractivity contribution is 5.69. The molecule has 1 saturated heterocycles. The van der Waals surface area contributed by atoms with Crippen LogP contribution in [0.25, 0.3) is 11.3 Å². The van der Waals surface area contributed by atoms with Crippen LogP contribution in [0.4, 0.5) is 0 Å². The average Bonchev–Trinajstić information content (AvgIpc) is 2.97. The fraction of sp³-hybridized carbons (Fsp3) is 0.438. The van der Waals surface area contributed by atoms with Crippen LogP contribution in [-0.2, 0) is 4.74 Å². The first-order valence-electron chi connectivity index (χ1n) is 7.17. The predicted molar refractivity (Wildman–Crippen MR) is 73.2 cm³/mol. The van der Waals surface area contributed by atoms with Crippen molar-refractivity contribution in [3.63, 3.8) is 0 Å². The molecule has 102 valence electrons. The summed E-state index contributed by atoms with van der Waals surface area (Å²) in [6, 6.07) is 8.69. The van der Waals surface area contributed by atoms with Gasteiger partial charge in [-0.1, -0.05) is 24.3 Å². The van der Waals surface area contributed by atoms with Crippen LogP contribution in [0.5, 0.6) is 0 Å². The van der Waals surface area contributed by atoms with Gasteiger partial charge in [0.1, 0.15) is 0 Å². The van der Waals surface area contributed by atoms with Gasteiger partial charge in [-0.3, -0.25) is 0 Å². The standard InChI is InChI=1S/C16H16N2O2/c19-13-5-16(7-20-8-16)14(13)15-11-4-2-1-3-10(11)12-6-17-9-18(12)15/h1-4,6,9,13-15,19H,5,7-8H2/t13-,14+,15?/m1/s1. The summed E-state index contributed by atoms with van der Waals surface area (Å²) in [4.78, 5) is 4.30. The van der Waals surface area contributed by atoms with Crippen LogP contribution in [-0.4, -0.2) is 34.0 Å². The van der Waals surface area contributed by atoms with Crippen molar-refractivity contribution in [2.75, 3.05) is 13.2 Å². The maximum absolute atomic E-state index is 10.4. The molecule has 0 radical (unpaired) electrons. The van der Waals surface area contributed by atoms with Crippen LogP contribution in [0.15, 0.2) is 36.8 Å². The van der Waals surface area contributed by atoms with Gasteiger partial charge in [-0.15, -0.1) is 0 Å². The summed E-state index contributed by atoms with van der Waals surface area (Å²) in [5.41, 5.74) is 3.92. The lowest BCUT2D eigenvalue weighted by Gasteiger charge is -2.60. The highest BCUT2D eigenvalue weighted by atomic mass is 16.5. The Bertz CT molecular complexity index is 689. The Morgan fingerprint density at radius 3 is 2.90 bits per heavy atom. The second kappa shape index (κ2) is 3.51. The third kappa shape index (κ3) is 1.13. The van der Waals surface area contributed by atoms with E-state index in [2.05, 4.69) is 33.8 Å². The van der Waals surface area contributed by atoms with E-state index in [1.165, 1.54) is 16.8 Å². The highest BCUT2D eigenvalue weighted by Gasteiger charge is 2.62. The van der Waals surface area contributed by atoms with E-state index in [0.29, 0.717) is 0 Å². The highest BCUT2D eigenvalue weighted by Crippen LogP contribution is 2.60. The summed E-state index contributed by atoms with van der Waals surface area (Å²) in [7, 11) is 0. The van der Waals surface area contributed by atoms with Crippen LogP contribution >= 0.6 is 0 Å². The molecule has 5 rings (SSSR count). The fourth-order valence-corrected chi connectivity index (χ4v) is 4.39. The SMILES string of the molecule is O[C@@H]1CC2(COC2)[C@@H]1C1c2ccccc2-c2cncn21. The summed E-state index contributed by atoms with van der Waals surface area (Å²) < 4.78 is 7.67. The molecule has 1 aliphatic carbocycles. The molecule has 4 heteroatoms. The Kier molecular flexibility index (Phi) is 1.94. The Hall–Kier alpha value is -1.65. The van der Waals surface area contributed by atoms with Crippen LogP contribution in [0, 0.1) is 11.3 Å². The lowest BCUT2D eigenvalue weighted by molar-refractivity contribution is -0.250. The second-order valence-electron chi connectivity index (χ2n) is 6.37. The number of rotatable bonds is 1. The van der Waals surface area contributed by atoms with Crippen molar-refractivity contribution in [2.24, 2.45) is 11.3 Å². The van der Waals surface area contributed by atoms with E-state index in [-0.39, 0.29) is 23.5 Å². The molecule has 3 aliphatic rings. The first-order valence-corrected chi connectivity index (χ1v) is 7.17. The number of ether oxygens (including phenoxy) is 1. The number of imidazole rings is 1. The normalized spacial score (nSPS) is 32.4. The second-order valence-corrected chi connectivity index (χ2v) is 6.37. The van der Waals surface area contributed by atoms with Gasteiger partial charge in [-0.05, 0) is 12.0 Å². The van der Waals surface area contributed by atoms with Crippen molar-refractivity contribution in [1.82, 2.24) is 9.55 Å². The molecule has 2 fully saturated rings. The Morgan fingerprint density at radius 1 is 1.30 bits per heavy atom. The lowest BCUT2D eigenvalue weighted by atomic mass is 9.53. The minimum atomic E-state index is -0.231. The number of aromatic nitrogens is 2. The molecule has 0 bridgehead atoms. The topological polar surface area (TPSA) is 47.3 Å². The van der Waals surface area contributed by atoms with E-state index in [0.717, 1.165) is 19.6 Å². The van der Waals surface area contributed by atoms with Gasteiger partial charge < -0.3 is 14.4 Å². The van der Waals surface area contributed by atoms with Crippen molar-refractivity contribution in [3.05, 3.63) is 42.4 Å². The largest absolute Gasteiger partial charge is 0.393 e. The van der Waals surface area contributed by atoms with Crippen molar-refractivity contribution >= 4 is 0 Å². The summed E-state index contributed by atoms with van der Waals surface area (Å²) in [6.07, 6.45) is 4.47. The van der Waals surface area contributed by atoms with Crippen molar-refractivity contribution < 1.29 is 9.84 Å². The molecule has 1 unspecified atom stereocenters. The van der Waals surface area contributed by atoms with Gasteiger partial charge >= 0.3 is 0 Å². The van der Waals surface area contributed by atoms with Crippen molar-refractivity contribution in [2.45, 2.75) is 18.6 Å². The Balaban J connectivity index is 1.68. The fourth-order valence-electron chi connectivity index (χ4n) is 4.39. The number of hydrogen-bond donors (Lipinski definition) is 1. The molecule has 1 aromatic heterocycles. The summed E-state index contributed by atoms with van der Waals surface area (Å²) in [5, 5.41) is 10.4. The number of hydrogen-bond acceptors (Lipinski definition) is 3. The van der Waals surface area contributed by atoms with Crippen LogP contribution in [0.2, 0.25) is 0 Å². The van der Waals surface area contributed by atoms with Gasteiger partial charge in [0.15, 0.2) is 0 Å². The molecule has 0 amide bonds. The molecular weight excluding hydrogens is 252 g/mol. The van der Waals surface area contributed by atoms with Crippen LogP contribution in [0.3, 0.4) is 0 Å². The summed E-state index contributed by atoms with van der Waals surface area (Å²) in [6.45, 7) is 1.58. The maximum Gasteiger partial charge on any atom is 0.0956 e. The van der Waals surface area contributed by atoms with E-state index in [9.17, 15) is 5.11 Å². The molecular formula is C16H16N2O2. The third-order valence-electron chi connectivity index (χ3n) is 5.38. The number of nitrogens with zero attached hydrogens (tertiary/aromatic N) is 2. The molecule has 1 saturated carbocycles. The molecule has 2 aromatic rings. The monoisotopic (exact) mass is 268 g/mol. The zero-order chi connectivity index (χ0) is 13.3. The smallest absolute Gasteiger partial charge is 0.0956 e. The lowest BCUT2D eigenvalue weighted by Crippen LogP contribution is -2.64. The van der Waals surface area contributed by atoms with Crippen LogP contribution < -0.4 is 0 Å². The summed E-state index contributed by atoms with van der Waals surface area (Å²) >= 11 is 0. The molecule has 2 aliphatic heterocycles. The van der Waals surface area contributed by atoms with Gasteiger partial charge in [-0.2, -0.15) is 0 Å². The van der Waals surface area contributed by atoms with Crippen molar-refractivity contribution in [3.8, 4) is 11.3 Å². The summed E-state index contributed by atoms with van der Waals surface area (Å²) in [5.74, 6) is 0.243. The van der Waals surface area contributed by atoms with E-state index < -0.39 is 0 Å². The zero-order valence-corrected chi connectivity index (χ0v) is 11.1. The number of aliphatic hydroxyl groups excluding tert-OH is 1. The molecule has 3 atom stereocenters. The van der Waals surface area contributed by atoms with Gasteiger partial charge in [0, 0.05) is 16.9 Å². The first kappa shape index (κ1) is 11.1. The first-order chi connectivity index (χ1) is 9.80. The zero-order valence-electron chi connectivity index (χ0n) is 11.1. The minimum Gasteiger partial charge on any atom is -0.393 e. The van der Waals surface area contributed by atoms with E-state index >= 15 is 0 Å². The number of benzene rings is 1. The molecule has 4 nitrogen and oxygen atoms in total. The molecule has 1 N–H and O–H groups in total. The Labute approximate surface area is 117 Å². The average molecular weight is 268 g/mol. The Morgan fingerprint density at radius 2 is 2.15 bits per heavy atom. The molecule has 1 spiro atoms. The number of fused-ring (bicyclic) bond motifs is 3. The molecule has 3 heterocycles. The molecule has 20 heavy (non-hydrogen) atoms. The van der Waals surface area contributed by atoms with Gasteiger partial charge in [0.2, 0.25) is 0 Å². The van der Waals surface area contributed by atoms with E-state index in [1.807, 2.05) is 12.5 Å². The third-order valence-corrected chi connectivity index (χ3v) is 5.38. The van der Waals surface area contributed by atoms with Gasteiger partial charge in [-0.25, -0.2) is 4.98 Å². The number of aliphatic hydroxyl groups is 1. The van der Waals surface area contributed by atoms with E-state index in [4.69, 9.17) is 4.74 Å². The van der Waals surface area contributed by atoms with Crippen LogP contribution in [0.1, 0.15) is 18.0 Å².